The molecule has 8 heteroatoms. The molecule has 3 rings (SSSR count). The second-order valence-electron chi connectivity index (χ2n) is 7.45. The van der Waals surface area contributed by atoms with Gasteiger partial charge in [-0.05, 0) is 25.3 Å². The average molecular weight is 385 g/mol. The van der Waals surface area contributed by atoms with Gasteiger partial charge in [-0.3, -0.25) is 9.59 Å². The van der Waals surface area contributed by atoms with Crippen molar-refractivity contribution in [3.8, 4) is 0 Å². The lowest BCUT2D eigenvalue weighted by atomic mass is 9.94. The van der Waals surface area contributed by atoms with Crippen LogP contribution in [-0.2, 0) is 28.1 Å². The maximum Gasteiger partial charge on any atom is 0.312 e. The Bertz CT molecular complexity index is 818. The van der Waals surface area contributed by atoms with Crippen molar-refractivity contribution < 1.29 is 14.0 Å². The first kappa shape index (κ1) is 20.0. The molecule has 1 aromatic carbocycles. The van der Waals surface area contributed by atoms with Gasteiger partial charge in [-0.2, -0.15) is 0 Å². The minimum absolute atomic E-state index is 0.112. The van der Waals surface area contributed by atoms with Gasteiger partial charge in [0.1, 0.15) is 0 Å². The third-order valence-corrected chi connectivity index (χ3v) is 4.87. The Morgan fingerprint density at radius 1 is 1.11 bits per heavy atom. The fraction of sp³-hybridized carbons (Fsp3) is 0.500. The third kappa shape index (κ3) is 4.56. The number of aromatic nitrogens is 2. The lowest BCUT2D eigenvalue weighted by Crippen LogP contribution is -2.54. The molecule has 0 radical (unpaired) electrons. The van der Waals surface area contributed by atoms with Gasteiger partial charge in [0.25, 0.3) is 0 Å². The van der Waals surface area contributed by atoms with Crippen molar-refractivity contribution in [2.75, 3.05) is 19.6 Å². The Kier molecular flexibility index (Phi) is 6.08. The van der Waals surface area contributed by atoms with E-state index in [1.54, 1.807) is 4.90 Å². The number of amides is 2. The van der Waals surface area contributed by atoms with Crippen molar-refractivity contribution >= 4 is 11.8 Å². The van der Waals surface area contributed by atoms with Crippen molar-refractivity contribution in [2.45, 2.75) is 45.2 Å². The monoisotopic (exact) mass is 385 g/mol. The molecule has 2 N–H and O–H groups in total. The zero-order valence-electron chi connectivity index (χ0n) is 16.4. The van der Waals surface area contributed by atoms with Crippen LogP contribution in [0.5, 0.6) is 0 Å². The lowest BCUT2D eigenvalue weighted by Gasteiger charge is -2.33. The summed E-state index contributed by atoms with van der Waals surface area (Å²) in [4.78, 5) is 27.7. The van der Waals surface area contributed by atoms with Crippen LogP contribution in [0.2, 0.25) is 0 Å². The van der Waals surface area contributed by atoms with Crippen molar-refractivity contribution in [1.82, 2.24) is 20.0 Å². The first-order chi connectivity index (χ1) is 13.4. The highest BCUT2D eigenvalue weighted by Crippen LogP contribution is 2.22. The summed E-state index contributed by atoms with van der Waals surface area (Å²) in [7, 11) is 0. The van der Waals surface area contributed by atoms with E-state index in [1.165, 1.54) is 4.90 Å². The first-order valence-corrected chi connectivity index (χ1v) is 9.64. The predicted molar refractivity (Wildman–Crippen MR) is 103 cm³/mol. The van der Waals surface area contributed by atoms with Crippen LogP contribution < -0.4 is 5.73 Å². The zero-order valence-corrected chi connectivity index (χ0v) is 16.4. The number of hydrogen-bond donors (Lipinski definition) is 1. The molecule has 2 aromatic rings. The fourth-order valence-electron chi connectivity index (χ4n) is 3.24. The molecule has 1 aliphatic rings. The molecule has 2 heterocycles. The number of benzene rings is 1. The number of nitrogens with two attached hydrogens (primary N) is 1. The van der Waals surface area contributed by atoms with Crippen molar-refractivity contribution in [2.24, 2.45) is 5.73 Å². The van der Waals surface area contributed by atoms with Gasteiger partial charge in [-0.15, -0.1) is 10.2 Å². The van der Waals surface area contributed by atoms with Crippen LogP contribution in [0.3, 0.4) is 0 Å². The second kappa shape index (κ2) is 8.52. The van der Waals surface area contributed by atoms with Gasteiger partial charge in [0.05, 0.1) is 12.1 Å². The highest BCUT2D eigenvalue weighted by atomic mass is 16.4. The molecule has 0 spiro atoms. The Labute approximate surface area is 164 Å². The maximum absolute atomic E-state index is 12.4. The van der Waals surface area contributed by atoms with Gasteiger partial charge in [0, 0.05) is 19.6 Å². The molecule has 0 bridgehead atoms. The molecule has 0 saturated carbocycles. The van der Waals surface area contributed by atoms with E-state index in [0.717, 1.165) is 18.4 Å². The summed E-state index contributed by atoms with van der Waals surface area (Å²) in [5, 5.41) is 8.10. The molecule has 1 aromatic heterocycles. The van der Waals surface area contributed by atoms with Crippen LogP contribution >= 0.6 is 0 Å². The minimum atomic E-state index is -0.828. The topological polar surface area (TPSA) is 106 Å². The summed E-state index contributed by atoms with van der Waals surface area (Å²) in [6.45, 7) is 5.59. The molecule has 1 saturated heterocycles. The molecule has 8 nitrogen and oxygen atoms in total. The van der Waals surface area contributed by atoms with Crippen molar-refractivity contribution in [3.63, 3.8) is 0 Å². The lowest BCUT2D eigenvalue weighted by molar-refractivity contribution is -0.156. The van der Waals surface area contributed by atoms with E-state index in [9.17, 15) is 9.59 Å². The molecule has 1 unspecified atom stereocenters. The molecule has 28 heavy (non-hydrogen) atoms. The third-order valence-electron chi connectivity index (χ3n) is 4.87. The summed E-state index contributed by atoms with van der Waals surface area (Å²) in [6, 6.07) is 9.83. The molecular formula is C20H27N5O3. The Morgan fingerprint density at radius 2 is 1.79 bits per heavy atom. The standard InChI is InChI=1S/C20H27N5O3/c1-3-4-10-24-11-12-25(18(27)17(24)26)14-16-22-23-19(28-16)20(2,21)13-15-8-6-5-7-9-15/h5-9H,3-4,10-14,21H2,1-2H3. The van der Waals surface area contributed by atoms with Gasteiger partial charge < -0.3 is 20.0 Å². The quantitative estimate of drug-likeness (QED) is 0.690. The molecule has 2 amide bonds. The van der Waals surface area contributed by atoms with Gasteiger partial charge in [-0.1, -0.05) is 43.7 Å². The van der Waals surface area contributed by atoms with Crippen LogP contribution in [0.25, 0.3) is 0 Å². The van der Waals surface area contributed by atoms with E-state index in [1.807, 2.05) is 37.3 Å². The van der Waals surface area contributed by atoms with E-state index in [4.69, 9.17) is 10.2 Å². The molecule has 1 aliphatic heterocycles. The maximum atomic E-state index is 12.4. The van der Waals surface area contributed by atoms with Crippen LogP contribution in [0.15, 0.2) is 34.7 Å². The van der Waals surface area contributed by atoms with E-state index in [0.29, 0.717) is 31.9 Å². The molecule has 150 valence electrons. The fourth-order valence-corrected chi connectivity index (χ4v) is 3.24. The van der Waals surface area contributed by atoms with Crippen molar-refractivity contribution in [3.05, 3.63) is 47.7 Å². The van der Waals surface area contributed by atoms with Crippen LogP contribution in [0.4, 0.5) is 0 Å². The number of carbonyl (C=O) groups is 2. The molecule has 1 atom stereocenters. The highest BCUT2D eigenvalue weighted by molar-refractivity contribution is 6.35. The van der Waals surface area contributed by atoms with Gasteiger partial charge in [0.15, 0.2) is 0 Å². The Morgan fingerprint density at radius 3 is 2.50 bits per heavy atom. The van der Waals surface area contributed by atoms with Gasteiger partial charge in [-0.25, -0.2) is 0 Å². The van der Waals surface area contributed by atoms with Crippen LogP contribution in [0.1, 0.15) is 44.0 Å². The second-order valence-corrected chi connectivity index (χ2v) is 7.45. The van der Waals surface area contributed by atoms with E-state index >= 15 is 0 Å². The van der Waals surface area contributed by atoms with Crippen LogP contribution in [-0.4, -0.2) is 51.4 Å². The van der Waals surface area contributed by atoms with E-state index < -0.39 is 17.4 Å². The minimum Gasteiger partial charge on any atom is -0.421 e. The summed E-state index contributed by atoms with van der Waals surface area (Å²) >= 11 is 0. The summed E-state index contributed by atoms with van der Waals surface area (Å²) < 4.78 is 5.73. The zero-order chi connectivity index (χ0) is 20.1. The van der Waals surface area contributed by atoms with E-state index in [-0.39, 0.29) is 12.4 Å². The Balaban J connectivity index is 1.63. The van der Waals surface area contributed by atoms with Crippen molar-refractivity contribution in [1.29, 1.82) is 0 Å². The summed E-state index contributed by atoms with van der Waals surface area (Å²) in [5.74, 6) is -0.399. The van der Waals surface area contributed by atoms with Crippen LogP contribution in [0, 0.1) is 0 Å². The number of hydrogen-bond acceptors (Lipinski definition) is 6. The first-order valence-electron chi connectivity index (χ1n) is 9.64. The predicted octanol–water partition coefficient (Wildman–Crippen LogP) is 1.46. The number of carbonyl (C=O) groups excluding carboxylic acids is 2. The number of unbranched alkanes of at least 4 members (excludes halogenated alkanes) is 1. The molecule has 1 fully saturated rings. The van der Waals surface area contributed by atoms with Gasteiger partial charge in [0.2, 0.25) is 11.8 Å². The molecule has 0 aliphatic carbocycles. The van der Waals surface area contributed by atoms with E-state index in [2.05, 4.69) is 17.1 Å². The summed E-state index contributed by atoms with van der Waals surface area (Å²) in [6.07, 6.45) is 2.42. The SMILES string of the molecule is CCCCN1CCN(Cc2nnc(C(C)(N)Cc3ccccc3)o2)C(=O)C1=O. The molecular weight excluding hydrogens is 358 g/mol. The largest absolute Gasteiger partial charge is 0.421 e. The summed E-state index contributed by atoms with van der Waals surface area (Å²) in [5.41, 5.74) is 6.63. The Hall–Kier alpha value is -2.74. The average Bonchev–Trinajstić information content (AvgIpc) is 3.15. The normalized spacial score (nSPS) is 17.1. The number of piperazine rings is 1. The number of nitrogens with zero attached hydrogens (tertiary/aromatic N) is 4. The van der Waals surface area contributed by atoms with Gasteiger partial charge >= 0.3 is 11.8 Å². The number of rotatable bonds is 8. The smallest absolute Gasteiger partial charge is 0.312 e. The highest BCUT2D eigenvalue weighted by Gasteiger charge is 2.34.